The predicted molar refractivity (Wildman–Crippen MR) is 85.7 cm³/mol. The highest BCUT2D eigenvalue weighted by molar-refractivity contribution is 6.20. The Kier molecular flexibility index (Phi) is 3.72. The molecule has 1 aromatic carbocycles. The largest absolute Gasteiger partial charge is 0.326 e. The summed E-state index contributed by atoms with van der Waals surface area (Å²) in [6.45, 7) is 4.95. The summed E-state index contributed by atoms with van der Waals surface area (Å²) in [5.41, 5.74) is 4.66. The first-order chi connectivity index (χ1) is 10.1. The molecule has 3 rings (SSSR count). The van der Waals surface area contributed by atoms with Gasteiger partial charge in [-0.05, 0) is 37.5 Å². The van der Waals surface area contributed by atoms with Crippen LogP contribution in [0.2, 0.25) is 0 Å². The van der Waals surface area contributed by atoms with Crippen molar-refractivity contribution in [3.05, 3.63) is 47.5 Å². The van der Waals surface area contributed by atoms with Crippen molar-refractivity contribution >= 4 is 22.6 Å². The molecule has 5 heteroatoms. The number of fused-ring (bicyclic) bond motifs is 1. The van der Waals surface area contributed by atoms with Gasteiger partial charge in [0.2, 0.25) is 0 Å². The summed E-state index contributed by atoms with van der Waals surface area (Å²) in [4.78, 5) is 4.70. The monoisotopic (exact) mass is 302 g/mol. The predicted octanol–water partition coefficient (Wildman–Crippen LogP) is 3.62. The molecule has 0 aliphatic heterocycles. The second-order valence-electron chi connectivity index (χ2n) is 5.45. The summed E-state index contributed by atoms with van der Waals surface area (Å²) in [7, 11) is 1.94. The number of para-hydroxylation sites is 1. The number of imidazole rings is 1. The molecule has 3 aromatic rings. The molecule has 1 unspecified atom stereocenters. The van der Waals surface area contributed by atoms with Gasteiger partial charge in [0.05, 0.1) is 22.6 Å². The van der Waals surface area contributed by atoms with E-state index in [0.717, 1.165) is 24.3 Å². The molecule has 0 amide bonds. The molecular formula is C16H19ClN4. The second-order valence-corrected chi connectivity index (χ2v) is 6.11. The van der Waals surface area contributed by atoms with E-state index in [-0.39, 0.29) is 5.38 Å². The number of benzene rings is 1. The van der Waals surface area contributed by atoms with E-state index in [1.807, 2.05) is 37.0 Å². The van der Waals surface area contributed by atoms with E-state index in [9.17, 15) is 0 Å². The molecule has 21 heavy (non-hydrogen) atoms. The summed E-state index contributed by atoms with van der Waals surface area (Å²) < 4.78 is 4.08. The van der Waals surface area contributed by atoms with Crippen molar-refractivity contribution in [3.8, 4) is 0 Å². The molecule has 4 nitrogen and oxygen atoms in total. The quantitative estimate of drug-likeness (QED) is 0.690. The number of hydrogen-bond donors (Lipinski definition) is 0. The zero-order valence-corrected chi connectivity index (χ0v) is 13.3. The van der Waals surface area contributed by atoms with Crippen LogP contribution in [0.1, 0.15) is 29.3 Å². The van der Waals surface area contributed by atoms with Crippen LogP contribution in [-0.2, 0) is 20.0 Å². The maximum atomic E-state index is 6.32. The highest BCUT2D eigenvalue weighted by Gasteiger charge is 2.16. The lowest BCUT2D eigenvalue weighted by atomic mass is 10.2. The molecule has 110 valence electrons. The smallest absolute Gasteiger partial charge is 0.127 e. The number of aromatic nitrogens is 4. The fourth-order valence-corrected chi connectivity index (χ4v) is 2.92. The minimum Gasteiger partial charge on any atom is -0.326 e. The van der Waals surface area contributed by atoms with E-state index in [2.05, 4.69) is 28.9 Å². The van der Waals surface area contributed by atoms with Crippen molar-refractivity contribution in [1.82, 2.24) is 19.3 Å². The Balaban J connectivity index is 2.00. The van der Waals surface area contributed by atoms with Crippen molar-refractivity contribution < 1.29 is 0 Å². The van der Waals surface area contributed by atoms with Gasteiger partial charge >= 0.3 is 0 Å². The van der Waals surface area contributed by atoms with Crippen molar-refractivity contribution in [1.29, 1.82) is 0 Å². The number of alkyl halides is 1. The molecule has 2 heterocycles. The molecular weight excluding hydrogens is 284 g/mol. The molecule has 0 bridgehead atoms. The van der Waals surface area contributed by atoms with Gasteiger partial charge in [-0.3, -0.25) is 4.68 Å². The molecule has 2 aromatic heterocycles. The van der Waals surface area contributed by atoms with E-state index < -0.39 is 0 Å². The summed E-state index contributed by atoms with van der Waals surface area (Å²) in [6.07, 6.45) is 4.88. The molecule has 0 radical (unpaired) electrons. The minimum atomic E-state index is -0.106. The average Bonchev–Trinajstić information content (AvgIpc) is 3.01. The third-order valence-electron chi connectivity index (χ3n) is 3.74. The van der Waals surface area contributed by atoms with Crippen molar-refractivity contribution in [3.63, 3.8) is 0 Å². The van der Waals surface area contributed by atoms with E-state index in [1.165, 1.54) is 16.6 Å². The molecule has 0 fully saturated rings. The van der Waals surface area contributed by atoms with Gasteiger partial charge in [0, 0.05) is 19.8 Å². The zero-order valence-electron chi connectivity index (χ0n) is 12.5. The van der Waals surface area contributed by atoms with Crippen LogP contribution in [0.15, 0.2) is 30.6 Å². The van der Waals surface area contributed by atoms with Gasteiger partial charge in [-0.25, -0.2) is 4.98 Å². The van der Waals surface area contributed by atoms with Crippen LogP contribution in [0.3, 0.4) is 0 Å². The third-order valence-corrected chi connectivity index (χ3v) is 3.93. The lowest BCUT2D eigenvalue weighted by Crippen LogP contribution is -2.07. The van der Waals surface area contributed by atoms with Gasteiger partial charge in [0.1, 0.15) is 5.82 Å². The Morgan fingerprint density at radius 3 is 2.81 bits per heavy atom. The molecule has 0 aliphatic carbocycles. The number of halogens is 1. The summed E-state index contributed by atoms with van der Waals surface area (Å²) in [6, 6.07) is 6.21. The van der Waals surface area contributed by atoms with Crippen LogP contribution >= 0.6 is 11.6 Å². The first-order valence-electron chi connectivity index (χ1n) is 7.13. The first kappa shape index (κ1) is 14.1. The van der Waals surface area contributed by atoms with Gasteiger partial charge in [-0.1, -0.05) is 12.1 Å². The Morgan fingerprint density at radius 1 is 1.33 bits per heavy atom. The van der Waals surface area contributed by atoms with E-state index in [4.69, 9.17) is 16.6 Å². The Hall–Kier alpha value is -1.81. The highest BCUT2D eigenvalue weighted by atomic mass is 35.5. The fraction of sp³-hybridized carbons (Fsp3) is 0.375. The van der Waals surface area contributed by atoms with Crippen molar-refractivity contribution in [2.24, 2.45) is 7.05 Å². The first-order valence-corrected chi connectivity index (χ1v) is 7.57. The van der Waals surface area contributed by atoms with Gasteiger partial charge in [-0.2, -0.15) is 5.10 Å². The molecule has 0 saturated heterocycles. The zero-order chi connectivity index (χ0) is 15.0. The van der Waals surface area contributed by atoms with Crippen LogP contribution in [0.4, 0.5) is 0 Å². The van der Waals surface area contributed by atoms with Crippen LogP contribution in [0.25, 0.3) is 11.0 Å². The topological polar surface area (TPSA) is 35.6 Å². The van der Waals surface area contributed by atoms with Gasteiger partial charge in [0.25, 0.3) is 0 Å². The van der Waals surface area contributed by atoms with Crippen molar-refractivity contribution in [2.75, 3.05) is 0 Å². The fourth-order valence-electron chi connectivity index (χ4n) is 2.76. The molecule has 0 saturated carbocycles. The number of hydrogen-bond acceptors (Lipinski definition) is 2. The average molecular weight is 303 g/mol. The molecule has 0 N–H and O–H groups in total. The summed E-state index contributed by atoms with van der Waals surface area (Å²) in [5, 5.41) is 4.11. The maximum Gasteiger partial charge on any atom is 0.127 e. The van der Waals surface area contributed by atoms with Crippen LogP contribution < -0.4 is 0 Å². The minimum absolute atomic E-state index is 0.106. The van der Waals surface area contributed by atoms with E-state index in [0.29, 0.717) is 0 Å². The number of nitrogens with zero attached hydrogens (tertiary/aromatic N) is 4. The second kappa shape index (κ2) is 5.53. The summed E-state index contributed by atoms with van der Waals surface area (Å²) >= 11 is 6.32. The standard InChI is InChI=1S/C16H19ClN4/c1-11-5-4-6-14-15(11)21(16(19-14)12(2)17)8-7-13-9-18-20(3)10-13/h4-6,9-10,12H,7-8H2,1-3H3. The lowest BCUT2D eigenvalue weighted by Gasteiger charge is -2.11. The normalized spacial score (nSPS) is 13.0. The number of rotatable bonds is 4. The Labute approximate surface area is 129 Å². The highest BCUT2D eigenvalue weighted by Crippen LogP contribution is 2.26. The van der Waals surface area contributed by atoms with Crippen LogP contribution in [-0.4, -0.2) is 19.3 Å². The maximum absolute atomic E-state index is 6.32. The lowest BCUT2D eigenvalue weighted by molar-refractivity contribution is 0.666. The van der Waals surface area contributed by atoms with Gasteiger partial charge in [-0.15, -0.1) is 11.6 Å². The summed E-state index contributed by atoms with van der Waals surface area (Å²) in [5.74, 6) is 0.935. The molecule has 0 aliphatic rings. The van der Waals surface area contributed by atoms with Gasteiger partial charge in [0.15, 0.2) is 0 Å². The number of aryl methyl sites for hydroxylation is 4. The van der Waals surface area contributed by atoms with Crippen LogP contribution in [0, 0.1) is 6.92 Å². The van der Waals surface area contributed by atoms with Gasteiger partial charge < -0.3 is 4.57 Å². The van der Waals surface area contributed by atoms with Crippen LogP contribution in [0.5, 0.6) is 0 Å². The molecule has 1 atom stereocenters. The van der Waals surface area contributed by atoms with Crippen molar-refractivity contribution in [2.45, 2.75) is 32.2 Å². The third kappa shape index (κ3) is 2.68. The van der Waals surface area contributed by atoms with E-state index >= 15 is 0 Å². The Morgan fingerprint density at radius 2 is 2.14 bits per heavy atom. The Bertz CT molecular complexity index is 770. The molecule has 0 spiro atoms. The SMILES string of the molecule is Cc1cccc2nc(C(C)Cl)n(CCc3cnn(C)c3)c12. The van der Waals surface area contributed by atoms with E-state index in [1.54, 1.807) is 0 Å².